The molecule has 0 unspecified atom stereocenters. The lowest BCUT2D eigenvalue weighted by atomic mass is 10.3. The first-order valence-electron chi connectivity index (χ1n) is 2.87. The van der Waals surface area contributed by atoms with Crippen molar-refractivity contribution in [2.75, 3.05) is 5.75 Å². The normalized spacial score (nSPS) is 17.2. The van der Waals surface area contributed by atoms with Gasteiger partial charge in [-0.2, -0.15) is 10.5 Å². The third kappa shape index (κ3) is 1.94. The van der Waals surface area contributed by atoms with Gasteiger partial charge in [0.1, 0.15) is 10.7 Å². The zero-order valence-electron chi connectivity index (χ0n) is 5.74. The van der Waals surface area contributed by atoms with E-state index in [1.54, 1.807) is 6.92 Å². The topological polar surface area (TPSA) is 60.6 Å². The molecule has 4 nitrogen and oxygen atoms in total. The molecule has 1 radical (unpaired) electrons. The summed E-state index contributed by atoms with van der Waals surface area (Å²) in [7, 11) is -2.47. The molecule has 0 aromatic rings. The number of halogens is 1. The Bertz CT molecular complexity index is 298. The number of hydrogen-bond donors (Lipinski definition) is 1. The molecular weight excluding hydrogens is 188 g/mol. The minimum absolute atomic E-state index is 0.130. The van der Waals surface area contributed by atoms with Crippen LogP contribution in [0.2, 0.25) is 0 Å². The molecule has 61 valence electrons. The maximum Gasteiger partial charge on any atom is 0.145 e. The maximum absolute atomic E-state index is 10.2. The molecule has 0 spiro atoms. The van der Waals surface area contributed by atoms with Gasteiger partial charge in [0.15, 0.2) is 0 Å². The summed E-state index contributed by atoms with van der Waals surface area (Å²) in [5.41, 5.74) is 4.52. The van der Waals surface area contributed by atoms with Gasteiger partial charge in [0.2, 0.25) is 0 Å². The fourth-order valence-corrected chi connectivity index (χ4v) is 1.36. The van der Waals surface area contributed by atoms with Gasteiger partial charge in [-0.25, -0.2) is 8.42 Å². The van der Waals surface area contributed by atoms with E-state index in [1.807, 2.05) is 0 Å². The Morgan fingerprint density at radius 1 is 1.55 bits per heavy atom. The Labute approximate surface area is 70.9 Å². The molecule has 0 aromatic heterocycles. The highest BCUT2D eigenvalue weighted by molar-refractivity contribution is 7.73. The van der Waals surface area contributed by atoms with Gasteiger partial charge >= 0.3 is 0 Å². The number of rotatable bonds is 2. The number of nitrogens with zero attached hydrogens (tertiary/aromatic N) is 2. The first-order chi connectivity index (χ1) is 5.11. The SMILES string of the molecule is CC1=C(Cl)C(C[SH](=O)=O)=N[N]1. The average Bonchev–Trinajstić information content (AvgIpc) is 2.18. The maximum atomic E-state index is 10.2. The second-order valence-electron chi connectivity index (χ2n) is 2.04. The van der Waals surface area contributed by atoms with Gasteiger partial charge in [-0.15, -0.1) is 0 Å². The van der Waals surface area contributed by atoms with Crippen LogP contribution in [0.1, 0.15) is 6.92 Å². The van der Waals surface area contributed by atoms with Crippen LogP contribution < -0.4 is 5.43 Å². The summed E-state index contributed by atoms with van der Waals surface area (Å²) in [6, 6.07) is 0. The van der Waals surface area contributed by atoms with Crippen molar-refractivity contribution in [3.8, 4) is 0 Å². The summed E-state index contributed by atoms with van der Waals surface area (Å²) in [4.78, 5) is 0. The van der Waals surface area contributed by atoms with E-state index in [1.165, 1.54) is 0 Å². The van der Waals surface area contributed by atoms with Crippen molar-refractivity contribution in [3.05, 3.63) is 10.7 Å². The number of thiol groups is 1. The molecule has 0 saturated carbocycles. The Morgan fingerprint density at radius 2 is 2.18 bits per heavy atom. The molecule has 0 atom stereocenters. The predicted molar refractivity (Wildman–Crippen MR) is 43.3 cm³/mol. The van der Waals surface area contributed by atoms with E-state index < -0.39 is 10.7 Å². The van der Waals surface area contributed by atoms with Gasteiger partial charge in [0.25, 0.3) is 0 Å². The quantitative estimate of drug-likeness (QED) is 0.630. The first-order valence-corrected chi connectivity index (χ1v) is 4.61. The number of allylic oxidation sites excluding steroid dienone is 2. The van der Waals surface area contributed by atoms with Crippen LogP contribution in [0.15, 0.2) is 15.8 Å². The molecule has 0 fully saturated rings. The van der Waals surface area contributed by atoms with Crippen molar-refractivity contribution >= 4 is 28.0 Å². The summed E-state index contributed by atoms with van der Waals surface area (Å²) in [5, 5.41) is 3.94. The second-order valence-corrected chi connectivity index (χ2v) is 3.40. The van der Waals surface area contributed by atoms with Gasteiger partial charge in [-0.05, 0) is 6.92 Å². The molecule has 1 heterocycles. The Hall–Kier alpha value is -0.550. The molecule has 0 N–H and O–H groups in total. The fourth-order valence-electron chi connectivity index (χ4n) is 0.655. The van der Waals surface area contributed by atoms with E-state index in [9.17, 15) is 8.42 Å². The Kier molecular flexibility index (Phi) is 2.51. The standard InChI is InChI=1S/C5H6ClN2O2S/c1-3-5(6)4(8-7-3)2-11(9)10/h11H,2H2,1H3. The van der Waals surface area contributed by atoms with E-state index in [0.717, 1.165) is 0 Å². The second kappa shape index (κ2) is 3.23. The molecule has 1 rings (SSSR count). The molecule has 0 aliphatic carbocycles. The Balaban J connectivity index is 2.77. The highest BCUT2D eigenvalue weighted by Gasteiger charge is 2.16. The van der Waals surface area contributed by atoms with Crippen molar-refractivity contribution in [3.63, 3.8) is 0 Å². The smallest absolute Gasteiger partial charge is 0.145 e. The third-order valence-corrected chi connectivity index (χ3v) is 2.22. The molecule has 0 aromatic carbocycles. The summed E-state index contributed by atoms with van der Waals surface area (Å²) in [6.07, 6.45) is 0. The lowest BCUT2D eigenvalue weighted by molar-refractivity contribution is 0.618. The van der Waals surface area contributed by atoms with Crippen molar-refractivity contribution in [2.24, 2.45) is 5.10 Å². The van der Waals surface area contributed by atoms with Gasteiger partial charge in [-0.3, -0.25) is 0 Å². The number of hydrogen-bond acceptors (Lipinski definition) is 3. The van der Waals surface area contributed by atoms with Gasteiger partial charge in [-0.1, -0.05) is 11.6 Å². The zero-order valence-corrected chi connectivity index (χ0v) is 7.39. The molecule has 11 heavy (non-hydrogen) atoms. The monoisotopic (exact) mass is 193 g/mol. The van der Waals surface area contributed by atoms with Gasteiger partial charge in [0.05, 0.1) is 22.2 Å². The van der Waals surface area contributed by atoms with Crippen LogP contribution in [-0.4, -0.2) is 19.9 Å². The minimum atomic E-state index is -2.47. The van der Waals surface area contributed by atoms with Crippen molar-refractivity contribution < 1.29 is 8.42 Å². The van der Waals surface area contributed by atoms with Crippen LogP contribution in [0.3, 0.4) is 0 Å². The van der Waals surface area contributed by atoms with Crippen LogP contribution >= 0.6 is 11.6 Å². The zero-order chi connectivity index (χ0) is 8.43. The predicted octanol–water partition coefficient (Wildman–Crippen LogP) is 0.0421. The highest BCUT2D eigenvalue weighted by Crippen LogP contribution is 2.15. The molecular formula is C5H6ClN2O2S. The van der Waals surface area contributed by atoms with Crippen LogP contribution in [0.5, 0.6) is 0 Å². The minimum Gasteiger partial charge on any atom is -0.231 e. The van der Waals surface area contributed by atoms with Gasteiger partial charge < -0.3 is 0 Å². The molecule has 0 saturated heterocycles. The summed E-state index contributed by atoms with van der Waals surface area (Å²) >= 11 is 5.66. The summed E-state index contributed by atoms with van der Waals surface area (Å²) in [5.74, 6) is -0.130. The van der Waals surface area contributed by atoms with Crippen molar-refractivity contribution in [1.29, 1.82) is 0 Å². The van der Waals surface area contributed by atoms with E-state index in [2.05, 4.69) is 10.5 Å². The fraction of sp³-hybridized carbons (Fsp3) is 0.400. The summed E-state index contributed by atoms with van der Waals surface area (Å²) in [6.45, 7) is 1.68. The summed E-state index contributed by atoms with van der Waals surface area (Å²) < 4.78 is 20.5. The third-order valence-electron chi connectivity index (χ3n) is 1.17. The van der Waals surface area contributed by atoms with Crippen LogP contribution in [0, 0.1) is 0 Å². The molecule has 6 heteroatoms. The van der Waals surface area contributed by atoms with Crippen molar-refractivity contribution in [1.82, 2.24) is 5.43 Å². The molecule has 0 bridgehead atoms. The van der Waals surface area contributed by atoms with Crippen molar-refractivity contribution in [2.45, 2.75) is 6.92 Å². The Morgan fingerprint density at radius 3 is 2.55 bits per heavy atom. The average molecular weight is 194 g/mol. The van der Waals surface area contributed by atoms with E-state index >= 15 is 0 Å². The van der Waals surface area contributed by atoms with E-state index in [0.29, 0.717) is 16.4 Å². The highest BCUT2D eigenvalue weighted by atomic mass is 35.5. The molecule has 0 amide bonds. The van der Waals surface area contributed by atoms with E-state index in [-0.39, 0.29) is 5.75 Å². The van der Waals surface area contributed by atoms with Gasteiger partial charge in [0, 0.05) is 0 Å². The van der Waals surface area contributed by atoms with Crippen LogP contribution in [-0.2, 0) is 10.7 Å². The molecule has 1 aliphatic rings. The van der Waals surface area contributed by atoms with E-state index in [4.69, 9.17) is 11.6 Å². The molecule has 1 aliphatic heterocycles. The lowest BCUT2D eigenvalue weighted by Crippen LogP contribution is -2.04. The van der Waals surface area contributed by atoms with Crippen LogP contribution in [0.25, 0.3) is 0 Å². The first kappa shape index (κ1) is 8.55. The van der Waals surface area contributed by atoms with Crippen LogP contribution in [0.4, 0.5) is 0 Å². The lowest BCUT2D eigenvalue weighted by Gasteiger charge is -1.89. The largest absolute Gasteiger partial charge is 0.231 e.